The molecule has 12 nitrogen and oxygen atoms in total. The quantitative estimate of drug-likeness (QED) is 0.216. The van der Waals surface area contributed by atoms with Crippen LogP contribution in [0.3, 0.4) is 0 Å². The topological polar surface area (TPSA) is 142 Å². The van der Waals surface area contributed by atoms with Crippen LogP contribution < -0.4 is 21.5 Å². The van der Waals surface area contributed by atoms with Crippen LogP contribution in [0.2, 0.25) is 0 Å². The molecule has 3 aromatic rings. The summed E-state index contributed by atoms with van der Waals surface area (Å²) in [6.45, 7) is 2.54. The Morgan fingerprint density at radius 3 is 2.78 bits per heavy atom. The maximum atomic E-state index is 13.5. The van der Waals surface area contributed by atoms with Crippen molar-refractivity contribution in [3.05, 3.63) is 76.0 Å². The average Bonchev–Trinajstić information content (AvgIpc) is 3.47. The zero-order valence-electron chi connectivity index (χ0n) is 25.4. The molecule has 2 aromatic heterocycles. The van der Waals surface area contributed by atoms with E-state index in [4.69, 9.17) is 0 Å². The van der Waals surface area contributed by atoms with Gasteiger partial charge in [0, 0.05) is 47.4 Å². The summed E-state index contributed by atoms with van der Waals surface area (Å²) in [6.07, 6.45) is 6.79. The number of nitrogens with one attached hydrogen (secondary N) is 3. The average molecular weight is 635 g/mol. The molecule has 2 aliphatic heterocycles. The number of nitrogens with zero attached hydrogens (tertiary/aromatic N) is 3. The van der Waals surface area contributed by atoms with Crippen LogP contribution in [0.25, 0.3) is 10.1 Å². The summed E-state index contributed by atoms with van der Waals surface area (Å²) in [6, 6.07) is 9.49. The minimum Gasteiger partial charge on any atom is -0.466 e. The Balaban J connectivity index is 1.27. The van der Waals surface area contributed by atoms with Crippen molar-refractivity contribution in [1.29, 1.82) is 0 Å². The lowest BCUT2D eigenvalue weighted by molar-refractivity contribution is -0.135. The summed E-state index contributed by atoms with van der Waals surface area (Å²) >= 11 is 1.43. The number of carbonyl (C=O) groups excluding carboxylic acids is 4. The first-order valence-electron chi connectivity index (χ1n) is 15.0. The molecule has 45 heavy (non-hydrogen) atoms. The molecule has 5 rings (SSSR count). The van der Waals surface area contributed by atoms with Crippen molar-refractivity contribution in [3.8, 4) is 0 Å². The molecule has 2 saturated heterocycles. The SMILES string of the molecule is COC(=O)/C=C/CCC(NC(=O)c1csc2ccccc12)C(=O)Nc1cccn(CC(=O)NC2N(C)CC3CCCN2C3)c1=O. The smallest absolute Gasteiger partial charge is 0.330 e. The molecule has 0 saturated carbocycles. The number of pyridine rings is 1. The van der Waals surface area contributed by atoms with Gasteiger partial charge in [-0.05, 0) is 56.8 Å². The van der Waals surface area contributed by atoms with E-state index >= 15 is 0 Å². The van der Waals surface area contributed by atoms with Gasteiger partial charge in [0.25, 0.3) is 11.5 Å². The third-order valence-corrected chi connectivity index (χ3v) is 9.13. The second kappa shape index (κ2) is 14.6. The first-order valence-corrected chi connectivity index (χ1v) is 15.9. The predicted molar refractivity (Wildman–Crippen MR) is 172 cm³/mol. The van der Waals surface area contributed by atoms with Crippen molar-refractivity contribution in [2.24, 2.45) is 5.92 Å². The Morgan fingerprint density at radius 1 is 1.13 bits per heavy atom. The number of ether oxygens (including phenoxy) is 1. The molecule has 3 amide bonds. The predicted octanol–water partition coefficient (Wildman–Crippen LogP) is 2.37. The van der Waals surface area contributed by atoms with Gasteiger partial charge in [0.1, 0.15) is 24.6 Å². The zero-order chi connectivity index (χ0) is 31.9. The number of benzene rings is 1. The Hall–Kier alpha value is -4.33. The largest absolute Gasteiger partial charge is 0.466 e. The van der Waals surface area contributed by atoms with Gasteiger partial charge in [-0.1, -0.05) is 24.3 Å². The van der Waals surface area contributed by atoms with Crippen LogP contribution in [0.1, 0.15) is 36.0 Å². The molecule has 13 heteroatoms. The molecule has 2 bridgehead atoms. The Morgan fingerprint density at radius 2 is 1.96 bits per heavy atom. The molecule has 0 radical (unpaired) electrons. The van der Waals surface area contributed by atoms with Crippen molar-refractivity contribution in [2.75, 3.05) is 39.1 Å². The standard InChI is InChI=1S/C32H38N6O6S/c1-36-17-21-9-7-16-38(18-21)32(36)35-27(39)19-37-15-8-12-25(31(37)43)34-30(42)24(11-4-6-14-28(40)44-2)33-29(41)23-20-45-26-13-5-3-10-22(23)26/h3,5-6,8,10,12-15,20-21,24,32H,4,7,9,11,16-19H2,1-2H3,(H,33,41)(H,34,42)(H,35,39)/b14-6+. The number of fused-ring (bicyclic) bond motifs is 3. The first-order chi connectivity index (χ1) is 21.7. The van der Waals surface area contributed by atoms with Crippen LogP contribution in [0.5, 0.6) is 0 Å². The number of rotatable bonds is 11. The van der Waals surface area contributed by atoms with E-state index in [0.717, 1.165) is 36.1 Å². The van der Waals surface area contributed by atoms with Gasteiger partial charge in [-0.2, -0.15) is 0 Å². The summed E-state index contributed by atoms with van der Waals surface area (Å²) < 4.78 is 6.80. The van der Waals surface area contributed by atoms with E-state index in [2.05, 4.69) is 30.5 Å². The number of hydrogen-bond acceptors (Lipinski definition) is 9. The van der Waals surface area contributed by atoms with Crippen molar-refractivity contribution >= 4 is 50.8 Å². The number of carbonyl (C=O) groups is 4. The highest BCUT2D eigenvalue weighted by molar-refractivity contribution is 7.17. The zero-order valence-corrected chi connectivity index (χ0v) is 26.2. The molecule has 3 N–H and O–H groups in total. The van der Waals surface area contributed by atoms with Gasteiger partial charge in [-0.3, -0.25) is 29.0 Å². The normalized spacial score (nSPS) is 20.4. The molecular formula is C32H38N6O6S. The van der Waals surface area contributed by atoms with Crippen LogP contribution in [0.4, 0.5) is 5.69 Å². The lowest BCUT2D eigenvalue weighted by atomic mass is 9.95. The fourth-order valence-corrected chi connectivity index (χ4v) is 6.89. The number of hydrogen-bond donors (Lipinski definition) is 3. The number of thiophene rings is 1. The van der Waals surface area contributed by atoms with Gasteiger partial charge >= 0.3 is 5.97 Å². The lowest BCUT2D eigenvalue weighted by Gasteiger charge is -2.48. The number of methoxy groups -OCH3 is 1. The number of anilines is 1. The van der Waals surface area contributed by atoms with E-state index in [1.807, 2.05) is 31.3 Å². The molecule has 4 unspecified atom stereocenters. The van der Waals surface area contributed by atoms with E-state index in [1.165, 1.54) is 47.8 Å². The number of aromatic nitrogens is 1. The van der Waals surface area contributed by atoms with E-state index in [9.17, 15) is 24.0 Å². The molecule has 0 aliphatic carbocycles. The van der Waals surface area contributed by atoms with Gasteiger partial charge in [0.2, 0.25) is 11.8 Å². The highest BCUT2D eigenvalue weighted by atomic mass is 32.1. The number of amides is 3. The number of esters is 1. The fourth-order valence-electron chi connectivity index (χ4n) is 5.95. The van der Waals surface area contributed by atoms with Gasteiger partial charge in [0.05, 0.1) is 12.7 Å². The third kappa shape index (κ3) is 7.85. The van der Waals surface area contributed by atoms with Gasteiger partial charge in [-0.15, -0.1) is 11.3 Å². The van der Waals surface area contributed by atoms with Crippen LogP contribution in [0, 0.1) is 5.92 Å². The van der Waals surface area contributed by atoms with Crippen LogP contribution in [-0.4, -0.2) is 84.2 Å². The van der Waals surface area contributed by atoms with Crippen molar-refractivity contribution in [3.63, 3.8) is 0 Å². The molecule has 4 heterocycles. The van der Waals surface area contributed by atoms with E-state index in [0.29, 0.717) is 11.5 Å². The van der Waals surface area contributed by atoms with Crippen LogP contribution >= 0.6 is 11.3 Å². The van der Waals surface area contributed by atoms with Gasteiger partial charge < -0.3 is 25.3 Å². The molecule has 238 valence electrons. The highest BCUT2D eigenvalue weighted by Gasteiger charge is 2.35. The van der Waals surface area contributed by atoms with Crippen LogP contribution in [0.15, 0.2) is 64.9 Å². The molecule has 2 fully saturated rings. The molecule has 4 atom stereocenters. The Bertz CT molecular complexity index is 1650. The van der Waals surface area contributed by atoms with Gasteiger partial charge in [0.15, 0.2) is 0 Å². The highest BCUT2D eigenvalue weighted by Crippen LogP contribution is 2.26. The minimum absolute atomic E-state index is 0.0192. The van der Waals surface area contributed by atoms with Crippen LogP contribution in [-0.2, 0) is 25.7 Å². The third-order valence-electron chi connectivity index (χ3n) is 8.17. The first kappa shape index (κ1) is 32.1. The summed E-state index contributed by atoms with van der Waals surface area (Å²) in [5.41, 5.74) is -0.125. The molecular weight excluding hydrogens is 596 g/mol. The molecule has 1 aromatic carbocycles. The summed E-state index contributed by atoms with van der Waals surface area (Å²) in [5.74, 6) is -1.28. The monoisotopic (exact) mass is 634 g/mol. The Labute approximate surface area is 265 Å². The van der Waals surface area contributed by atoms with Crippen molar-refractivity contribution in [2.45, 2.75) is 44.6 Å². The number of piperidine rings is 1. The summed E-state index contributed by atoms with van der Waals surface area (Å²) in [4.78, 5) is 68.9. The maximum absolute atomic E-state index is 13.5. The van der Waals surface area contributed by atoms with Crippen molar-refractivity contribution < 1.29 is 23.9 Å². The second-order valence-corrected chi connectivity index (χ2v) is 12.3. The van der Waals surface area contributed by atoms with E-state index in [-0.39, 0.29) is 37.3 Å². The van der Waals surface area contributed by atoms with Crippen molar-refractivity contribution in [1.82, 2.24) is 25.0 Å². The summed E-state index contributed by atoms with van der Waals surface area (Å²) in [5, 5.41) is 11.0. The van der Waals surface area contributed by atoms with Gasteiger partial charge in [-0.25, -0.2) is 4.79 Å². The minimum atomic E-state index is -1.02. The molecule has 0 spiro atoms. The summed E-state index contributed by atoms with van der Waals surface area (Å²) in [7, 11) is 3.25. The fraction of sp³-hybridized carbons (Fsp3) is 0.406. The van der Waals surface area contributed by atoms with E-state index in [1.54, 1.807) is 17.5 Å². The lowest BCUT2D eigenvalue weighted by Crippen LogP contribution is -2.65. The maximum Gasteiger partial charge on any atom is 0.330 e. The number of allylic oxidation sites excluding steroid dienone is 1. The van der Waals surface area contributed by atoms with E-state index < -0.39 is 29.4 Å². The molecule has 2 aliphatic rings. The second-order valence-electron chi connectivity index (χ2n) is 11.4. The Kier molecular flexibility index (Phi) is 10.4.